The first-order chi connectivity index (χ1) is 11.5. The molecule has 2 bridgehead atoms. The first-order valence-corrected chi connectivity index (χ1v) is 9.60. The van der Waals surface area contributed by atoms with E-state index in [1.54, 1.807) is 0 Å². The number of rotatable bonds is 4. The molecule has 0 N–H and O–H groups in total. The molecule has 0 spiro atoms. The van der Waals surface area contributed by atoms with Crippen molar-refractivity contribution in [2.24, 2.45) is 23.7 Å². The van der Waals surface area contributed by atoms with Gasteiger partial charge in [0.1, 0.15) is 11.7 Å². The molecule has 0 aromatic heterocycles. The van der Waals surface area contributed by atoms with Gasteiger partial charge in [0.2, 0.25) is 0 Å². The third-order valence-electron chi connectivity index (χ3n) is 6.75. The zero-order chi connectivity index (χ0) is 16.9. The van der Waals surface area contributed by atoms with Gasteiger partial charge in [-0.05, 0) is 58.5 Å². The molecule has 5 heteroatoms. The Bertz CT molecular complexity index is 525. The molecule has 2 saturated carbocycles. The van der Waals surface area contributed by atoms with Crippen molar-refractivity contribution in [2.45, 2.75) is 64.1 Å². The SMILES string of the molecule is CC1(C)OC(=O)C2C3CC(OC(=O)CCN4CCCCC4)C(C3)C21. The van der Waals surface area contributed by atoms with Crippen LogP contribution in [0.2, 0.25) is 0 Å². The average molecular weight is 335 g/mol. The highest BCUT2D eigenvalue weighted by Crippen LogP contribution is 2.60. The van der Waals surface area contributed by atoms with Crippen LogP contribution in [0.15, 0.2) is 0 Å². The Morgan fingerprint density at radius 1 is 1.25 bits per heavy atom. The first kappa shape index (κ1) is 16.4. The topological polar surface area (TPSA) is 55.8 Å². The highest BCUT2D eigenvalue weighted by Gasteiger charge is 2.66. The minimum atomic E-state index is -0.417. The van der Waals surface area contributed by atoms with Gasteiger partial charge in [-0.1, -0.05) is 6.42 Å². The van der Waals surface area contributed by atoms with Crippen LogP contribution < -0.4 is 0 Å². The maximum atomic E-state index is 12.3. The molecular weight excluding hydrogens is 306 g/mol. The van der Waals surface area contributed by atoms with Crippen LogP contribution in [0.3, 0.4) is 0 Å². The van der Waals surface area contributed by atoms with Gasteiger partial charge in [0, 0.05) is 18.4 Å². The lowest BCUT2D eigenvalue weighted by Gasteiger charge is -2.35. The standard InChI is InChI=1S/C19H29NO4/c1-19(2)17-13-10-12(16(17)18(22)24-19)11-14(13)23-15(21)6-9-20-7-4-3-5-8-20/h12-14,16-17H,3-11H2,1-2H3. The minimum absolute atomic E-state index is 0.0149. The van der Waals surface area contributed by atoms with Gasteiger partial charge in [-0.3, -0.25) is 9.59 Å². The number of esters is 2. The van der Waals surface area contributed by atoms with E-state index in [0.717, 1.165) is 32.5 Å². The summed E-state index contributed by atoms with van der Waals surface area (Å²) in [6, 6.07) is 0. The number of piperidine rings is 1. The molecule has 4 aliphatic rings. The highest BCUT2D eigenvalue weighted by molar-refractivity contribution is 5.77. The number of cyclic esters (lactones) is 1. The van der Waals surface area contributed by atoms with Crippen LogP contribution in [-0.2, 0) is 19.1 Å². The fourth-order valence-corrected chi connectivity index (χ4v) is 5.78. The number of hydrogen-bond donors (Lipinski definition) is 0. The molecule has 2 saturated heterocycles. The van der Waals surface area contributed by atoms with Gasteiger partial charge < -0.3 is 14.4 Å². The van der Waals surface area contributed by atoms with Gasteiger partial charge in [0.15, 0.2) is 0 Å². The van der Waals surface area contributed by atoms with Crippen molar-refractivity contribution in [1.82, 2.24) is 4.90 Å². The van der Waals surface area contributed by atoms with E-state index in [4.69, 9.17) is 9.47 Å². The molecule has 2 aliphatic heterocycles. The molecule has 2 heterocycles. The molecule has 0 aromatic rings. The second-order valence-electron chi connectivity index (χ2n) is 8.65. The Kier molecular flexibility index (Phi) is 4.10. The smallest absolute Gasteiger partial charge is 0.310 e. The van der Waals surface area contributed by atoms with Gasteiger partial charge in [-0.15, -0.1) is 0 Å². The summed E-state index contributed by atoms with van der Waals surface area (Å²) in [6.07, 6.45) is 6.12. The van der Waals surface area contributed by atoms with E-state index in [2.05, 4.69) is 4.90 Å². The molecule has 0 amide bonds. The highest BCUT2D eigenvalue weighted by atomic mass is 16.6. The molecule has 24 heavy (non-hydrogen) atoms. The monoisotopic (exact) mass is 335 g/mol. The van der Waals surface area contributed by atoms with Crippen molar-refractivity contribution in [2.75, 3.05) is 19.6 Å². The summed E-state index contributed by atoms with van der Waals surface area (Å²) in [5.74, 6) is 0.775. The lowest BCUT2D eigenvalue weighted by molar-refractivity contribution is -0.155. The van der Waals surface area contributed by atoms with Gasteiger partial charge in [0.05, 0.1) is 12.3 Å². The molecule has 134 valence electrons. The van der Waals surface area contributed by atoms with E-state index in [1.165, 1.54) is 19.3 Å². The summed E-state index contributed by atoms with van der Waals surface area (Å²) in [6.45, 7) is 7.05. The van der Waals surface area contributed by atoms with Gasteiger partial charge in [0.25, 0.3) is 0 Å². The molecule has 2 aliphatic carbocycles. The number of carbonyl (C=O) groups excluding carboxylic acids is 2. The molecule has 5 atom stereocenters. The van der Waals surface area contributed by atoms with Crippen molar-refractivity contribution < 1.29 is 19.1 Å². The minimum Gasteiger partial charge on any atom is -0.462 e. The molecule has 0 radical (unpaired) electrons. The lowest BCUT2D eigenvalue weighted by atomic mass is 9.72. The maximum Gasteiger partial charge on any atom is 0.310 e. The third-order valence-corrected chi connectivity index (χ3v) is 6.75. The van der Waals surface area contributed by atoms with Crippen molar-refractivity contribution in [3.05, 3.63) is 0 Å². The lowest BCUT2D eigenvalue weighted by Crippen LogP contribution is -2.41. The number of nitrogens with zero attached hydrogens (tertiary/aromatic N) is 1. The molecule has 5 nitrogen and oxygen atoms in total. The zero-order valence-electron chi connectivity index (χ0n) is 14.8. The molecular formula is C19H29NO4. The molecule has 5 unspecified atom stereocenters. The van der Waals surface area contributed by atoms with E-state index < -0.39 is 5.60 Å². The molecule has 4 fully saturated rings. The van der Waals surface area contributed by atoms with Gasteiger partial charge in [-0.25, -0.2) is 0 Å². The predicted octanol–water partition coefficient (Wildman–Crippen LogP) is 2.38. The summed E-state index contributed by atoms with van der Waals surface area (Å²) in [4.78, 5) is 26.8. The van der Waals surface area contributed by atoms with E-state index >= 15 is 0 Å². The van der Waals surface area contributed by atoms with Gasteiger partial charge in [-0.2, -0.15) is 0 Å². The largest absolute Gasteiger partial charge is 0.462 e. The van der Waals surface area contributed by atoms with Crippen LogP contribution in [0.25, 0.3) is 0 Å². The summed E-state index contributed by atoms with van der Waals surface area (Å²) in [5.41, 5.74) is -0.417. The number of hydrogen-bond acceptors (Lipinski definition) is 5. The summed E-state index contributed by atoms with van der Waals surface area (Å²) in [7, 11) is 0. The van der Waals surface area contributed by atoms with E-state index in [0.29, 0.717) is 18.3 Å². The number of ether oxygens (including phenoxy) is 2. The number of carbonyl (C=O) groups is 2. The first-order valence-electron chi connectivity index (χ1n) is 9.60. The third kappa shape index (κ3) is 2.75. The predicted molar refractivity (Wildman–Crippen MR) is 88.2 cm³/mol. The fourth-order valence-electron chi connectivity index (χ4n) is 5.78. The van der Waals surface area contributed by atoms with Crippen molar-refractivity contribution >= 4 is 11.9 Å². The zero-order valence-corrected chi connectivity index (χ0v) is 14.8. The van der Waals surface area contributed by atoms with Crippen LogP contribution in [0.5, 0.6) is 0 Å². The number of likely N-dealkylation sites (tertiary alicyclic amines) is 1. The maximum absolute atomic E-state index is 12.3. The summed E-state index contributed by atoms with van der Waals surface area (Å²) < 4.78 is 11.4. The van der Waals surface area contributed by atoms with Crippen molar-refractivity contribution in [3.63, 3.8) is 0 Å². The molecule has 4 rings (SSSR count). The normalized spacial score (nSPS) is 40.4. The Hall–Kier alpha value is -1.10. The second kappa shape index (κ2) is 6.01. The Labute approximate surface area is 144 Å². The Morgan fingerprint density at radius 2 is 2.00 bits per heavy atom. The van der Waals surface area contributed by atoms with Crippen molar-refractivity contribution in [3.8, 4) is 0 Å². The summed E-state index contributed by atoms with van der Waals surface area (Å²) in [5, 5.41) is 0. The van der Waals surface area contributed by atoms with Crippen LogP contribution in [-0.4, -0.2) is 48.2 Å². The van der Waals surface area contributed by atoms with E-state index in [1.807, 2.05) is 13.8 Å². The fraction of sp³-hybridized carbons (Fsp3) is 0.895. The average Bonchev–Trinajstić information content (AvgIpc) is 3.17. The van der Waals surface area contributed by atoms with E-state index in [-0.39, 0.29) is 29.9 Å². The van der Waals surface area contributed by atoms with E-state index in [9.17, 15) is 9.59 Å². The summed E-state index contributed by atoms with van der Waals surface area (Å²) >= 11 is 0. The van der Waals surface area contributed by atoms with Crippen LogP contribution >= 0.6 is 0 Å². The molecule has 0 aromatic carbocycles. The quantitative estimate of drug-likeness (QED) is 0.738. The second-order valence-corrected chi connectivity index (χ2v) is 8.65. The Balaban J connectivity index is 1.32. The Morgan fingerprint density at radius 3 is 2.75 bits per heavy atom. The van der Waals surface area contributed by atoms with Crippen LogP contribution in [0.4, 0.5) is 0 Å². The number of fused-ring (bicyclic) bond motifs is 5. The van der Waals surface area contributed by atoms with Crippen molar-refractivity contribution in [1.29, 1.82) is 0 Å². The van der Waals surface area contributed by atoms with Crippen LogP contribution in [0, 0.1) is 23.7 Å². The van der Waals surface area contributed by atoms with Crippen LogP contribution in [0.1, 0.15) is 52.4 Å². The van der Waals surface area contributed by atoms with Gasteiger partial charge >= 0.3 is 11.9 Å².